The average molecular weight is 363 g/mol. The molecule has 2 heterocycles. The molecule has 1 aliphatic rings. The summed E-state index contributed by atoms with van der Waals surface area (Å²) < 4.78 is 5.92. The van der Waals surface area contributed by atoms with Crippen LogP contribution in [-0.4, -0.2) is 10.9 Å². The number of para-hydroxylation sites is 1. The van der Waals surface area contributed by atoms with E-state index in [4.69, 9.17) is 16.3 Å². The maximum atomic E-state index is 12.4. The van der Waals surface area contributed by atoms with Gasteiger partial charge in [-0.05, 0) is 36.4 Å². The molecule has 0 saturated heterocycles. The predicted octanol–water partition coefficient (Wildman–Crippen LogP) is 4.81. The Morgan fingerprint density at radius 2 is 1.92 bits per heavy atom. The maximum absolute atomic E-state index is 12.4. The molecule has 1 N–H and O–H groups in total. The average Bonchev–Trinajstić information content (AvgIpc) is 2.96. The van der Waals surface area contributed by atoms with Gasteiger partial charge in [-0.15, -0.1) is 0 Å². The highest BCUT2D eigenvalue weighted by atomic mass is 35.5. The third-order valence-corrected chi connectivity index (χ3v) is 4.32. The second kappa shape index (κ2) is 7.02. The van der Waals surface area contributed by atoms with Gasteiger partial charge in [0.2, 0.25) is 0 Å². The number of amides is 1. The van der Waals surface area contributed by atoms with E-state index in [9.17, 15) is 4.79 Å². The van der Waals surface area contributed by atoms with Gasteiger partial charge in [-0.25, -0.2) is 0 Å². The van der Waals surface area contributed by atoms with Crippen LogP contribution in [0.5, 0.6) is 5.75 Å². The number of carbonyl (C=O) groups excluding carboxylic acids is 1. The third-order valence-electron chi connectivity index (χ3n) is 4.09. The first-order chi connectivity index (χ1) is 12.7. The molecule has 0 radical (unpaired) electrons. The summed E-state index contributed by atoms with van der Waals surface area (Å²) in [6.45, 7) is 0.361. The van der Waals surface area contributed by atoms with Crippen LogP contribution in [0, 0.1) is 0 Å². The molecule has 128 valence electrons. The van der Waals surface area contributed by atoms with Gasteiger partial charge >= 0.3 is 0 Å². The molecule has 0 spiro atoms. The van der Waals surface area contributed by atoms with Gasteiger partial charge in [0.25, 0.3) is 5.91 Å². The number of carbonyl (C=O) groups is 1. The van der Waals surface area contributed by atoms with Crippen molar-refractivity contribution in [1.82, 2.24) is 4.98 Å². The fraction of sp³-hybridized carbons (Fsp3) is 0.0476. The van der Waals surface area contributed by atoms with Crippen LogP contribution in [-0.2, 0) is 11.4 Å². The van der Waals surface area contributed by atoms with E-state index in [0.29, 0.717) is 23.0 Å². The number of aromatic nitrogens is 1. The van der Waals surface area contributed by atoms with Crippen LogP contribution in [0.25, 0.3) is 11.6 Å². The third kappa shape index (κ3) is 3.32. The molecule has 4 rings (SSSR count). The highest BCUT2D eigenvalue weighted by Gasteiger charge is 2.24. The van der Waals surface area contributed by atoms with Crippen molar-refractivity contribution in [2.75, 3.05) is 5.32 Å². The minimum absolute atomic E-state index is 0.151. The molecule has 0 aliphatic carbocycles. The van der Waals surface area contributed by atoms with E-state index in [1.54, 1.807) is 18.3 Å². The van der Waals surface area contributed by atoms with Crippen LogP contribution in [0.3, 0.4) is 0 Å². The molecule has 0 unspecified atom stereocenters. The van der Waals surface area contributed by atoms with E-state index in [1.165, 1.54) is 0 Å². The Bertz CT molecular complexity index is 1000. The van der Waals surface area contributed by atoms with Crippen LogP contribution in [0.2, 0.25) is 5.02 Å². The number of ether oxygens (including phenoxy) is 1. The lowest BCUT2D eigenvalue weighted by Crippen LogP contribution is -2.04. The summed E-state index contributed by atoms with van der Waals surface area (Å²) in [6, 6.07) is 18.7. The van der Waals surface area contributed by atoms with E-state index in [1.807, 2.05) is 54.6 Å². The zero-order chi connectivity index (χ0) is 17.9. The molecule has 4 nitrogen and oxygen atoms in total. The van der Waals surface area contributed by atoms with Crippen molar-refractivity contribution < 1.29 is 9.53 Å². The Kier molecular flexibility index (Phi) is 4.42. The monoisotopic (exact) mass is 362 g/mol. The van der Waals surface area contributed by atoms with E-state index >= 15 is 0 Å². The number of halogens is 1. The number of pyridine rings is 1. The first-order valence-corrected chi connectivity index (χ1v) is 8.53. The van der Waals surface area contributed by atoms with Gasteiger partial charge in [-0.1, -0.05) is 41.9 Å². The first kappa shape index (κ1) is 16.4. The number of nitrogens with one attached hydrogen (secondary N) is 1. The Labute approximate surface area is 156 Å². The quantitative estimate of drug-likeness (QED) is 0.678. The standard InChI is InChI=1S/C21H15ClN2O2/c22-15-8-9-17-18(21(25)24-19(17)12-15)11-14-5-1-2-7-20(14)26-13-16-6-3-4-10-23-16/h1-12H,13H2,(H,24,25). The number of benzene rings is 2. The topological polar surface area (TPSA) is 51.2 Å². The zero-order valence-corrected chi connectivity index (χ0v) is 14.5. The molecule has 0 atom stereocenters. The number of rotatable bonds is 4. The molecular weight excluding hydrogens is 348 g/mol. The number of nitrogens with zero attached hydrogens (tertiary/aromatic N) is 1. The summed E-state index contributed by atoms with van der Waals surface area (Å²) in [5.41, 5.74) is 3.81. The summed E-state index contributed by atoms with van der Waals surface area (Å²) in [6.07, 6.45) is 3.57. The number of hydrogen-bond acceptors (Lipinski definition) is 3. The molecule has 1 aliphatic heterocycles. The van der Waals surface area contributed by atoms with Crippen molar-refractivity contribution in [3.63, 3.8) is 0 Å². The zero-order valence-electron chi connectivity index (χ0n) is 13.8. The second-order valence-corrected chi connectivity index (χ2v) is 6.29. The lowest BCUT2D eigenvalue weighted by atomic mass is 10.0. The Hall–Kier alpha value is -3.11. The largest absolute Gasteiger partial charge is 0.487 e. The van der Waals surface area contributed by atoms with Crippen LogP contribution < -0.4 is 10.1 Å². The van der Waals surface area contributed by atoms with E-state index in [-0.39, 0.29) is 5.91 Å². The molecule has 0 saturated carbocycles. The smallest absolute Gasteiger partial charge is 0.256 e. The van der Waals surface area contributed by atoms with Gasteiger partial charge in [-0.2, -0.15) is 0 Å². The summed E-state index contributed by atoms with van der Waals surface area (Å²) in [5, 5.41) is 3.43. The molecule has 3 aromatic rings. The van der Waals surface area contributed by atoms with Crippen molar-refractivity contribution in [3.8, 4) is 5.75 Å². The van der Waals surface area contributed by atoms with Crippen molar-refractivity contribution >= 4 is 34.8 Å². The van der Waals surface area contributed by atoms with Crippen molar-refractivity contribution in [3.05, 3.63) is 88.7 Å². The SMILES string of the molecule is O=C1Nc2cc(Cl)ccc2C1=Cc1ccccc1OCc1ccccn1. The molecule has 0 bridgehead atoms. The van der Waals surface area contributed by atoms with Crippen molar-refractivity contribution in [1.29, 1.82) is 0 Å². The summed E-state index contributed by atoms with van der Waals surface area (Å²) >= 11 is 6.01. The highest BCUT2D eigenvalue weighted by Crippen LogP contribution is 2.36. The maximum Gasteiger partial charge on any atom is 0.256 e. The second-order valence-electron chi connectivity index (χ2n) is 5.85. The van der Waals surface area contributed by atoms with E-state index in [0.717, 1.165) is 22.5 Å². The lowest BCUT2D eigenvalue weighted by molar-refractivity contribution is -0.110. The summed E-state index contributed by atoms with van der Waals surface area (Å²) in [5.74, 6) is 0.544. The predicted molar refractivity (Wildman–Crippen MR) is 103 cm³/mol. The molecule has 26 heavy (non-hydrogen) atoms. The van der Waals surface area contributed by atoms with Gasteiger partial charge in [-0.3, -0.25) is 9.78 Å². The van der Waals surface area contributed by atoms with Gasteiger partial charge in [0.05, 0.1) is 11.4 Å². The lowest BCUT2D eigenvalue weighted by Gasteiger charge is -2.09. The summed E-state index contributed by atoms with van der Waals surface area (Å²) in [4.78, 5) is 16.6. The van der Waals surface area contributed by atoms with E-state index < -0.39 is 0 Å². The Morgan fingerprint density at radius 1 is 1.08 bits per heavy atom. The number of hydrogen-bond donors (Lipinski definition) is 1. The van der Waals surface area contributed by atoms with Crippen molar-refractivity contribution in [2.24, 2.45) is 0 Å². The molecule has 0 fully saturated rings. The number of anilines is 1. The Balaban J connectivity index is 1.65. The van der Waals surface area contributed by atoms with E-state index in [2.05, 4.69) is 10.3 Å². The highest BCUT2D eigenvalue weighted by molar-refractivity contribution is 6.36. The number of fused-ring (bicyclic) bond motifs is 1. The van der Waals surface area contributed by atoms with Crippen molar-refractivity contribution in [2.45, 2.75) is 6.61 Å². The Morgan fingerprint density at radius 3 is 2.77 bits per heavy atom. The fourth-order valence-corrected chi connectivity index (χ4v) is 3.00. The van der Waals surface area contributed by atoms with Gasteiger partial charge < -0.3 is 10.1 Å². The van der Waals surface area contributed by atoms with Crippen LogP contribution >= 0.6 is 11.6 Å². The normalized spacial score (nSPS) is 14.2. The van der Waals surface area contributed by atoms with Crippen LogP contribution in [0.4, 0.5) is 5.69 Å². The minimum atomic E-state index is -0.151. The molecule has 2 aromatic carbocycles. The minimum Gasteiger partial charge on any atom is -0.487 e. The molecular formula is C21H15ClN2O2. The fourth-order valence-electron chi connectivity index (χ4n) is 2.83. The first-order valence-electron chi connectivity index (χ1n) is 8.15. The van der Waals surface area contributed by atoms with Crippen LogP contribution in [0.15, 0.2) is 66.9 Å². The molecule has 5 heteroatoms. The van der Waals surface area contributed by atoms with Gasteiger partial charge in [0.1, 0.15) is 12.4 Å². The van der Waals surface area contributed by atoms with Gasteiger partial charge in [0, 0.05) is 27.9 Å². The van der Waals surface area contributed by atoms with Gasteiger partial charge in [0.15, 0.2) is 0 Å². The van der Waals surface area contributed by atoms with Crippen LogP contribution in [0.1, 0.15) is 16.8 Å². The summed E-state index contributed by atoms with van der Waals surface area (Å²) in [7, 11) is 0. The molecule has 1 aromatic heterocycles. The molecule has 1 amide bonds.